The SMILES string of the molecule is CCNC(=NCc1ncc(C)c(OC)c1C)NCCc1cccc(C(=O)NC)c1. The molecular formula is C22H31N5O2. The lowest BCUT2D eigenvalue weighted by molar-refractivity contribution is 0.0963. The van der Waals surface area contributed by atoms with Gasteiger partial charge < -0.3 is 20.7 Å². The predicted molar refractivity (Wildman–Crippen MR) is 117 cm³/mol. The Morgan fingerprint density at radius 2 is 2.03 bits per heavy atom. The molecule has 0 bridgehead atoms. The summed E-state index contributed by atoms with van der Waals surface area (Å²) in [6.07, 6.45) is 2.60. The van der Waals surface area contributed by atoms with Gasteiger partial charge in [0, 0.05) is 43.0 Å². The summed E-state index contributed by atoms with van der Waals surface area (Å²) in [5.41, 5.74) is 4.68. The fourth-order valence-corrected chi connectivity index (χ4v) is 3.06. The molecule has 1 aromatic carbocycles. The van der Waals surface area contributed by atoms with Gasteiger partial charge in [-0.3, -0.25) is 9.78 Å². The average Bonchev–Trinajstić information content (AvgIpc) is 2.73. The average molecular weight is 398 g/mol. The topological polar surface area (TPSA) is 87.6 Å². The second-order valence-corrected chi connectivity index (χ2v) is 6.70. The van der Waals surface area contributed by atoms with Crippen molar-refractivity contribution in [1.29, 1.82) is 0 Å². The summed E-state index contributed by atoms with van der Waals surface area (Å²) >= 11 is 0. The molecule has 7 nitrogen and oxygen atoms in total. The minimum atomic E-state index is -0.0777. The van der Waals surface area contributed by atoms with E-state index in [1.807, 2.05) is 51.2 Å². The normalized spacial score (nSPS) is 11.1. The van der Waals surface area contributed by atoms with Crippen LogP contribution in [-0.2, 0) is 13.0 Å². The zero-order valence-corrected chi connectivity index (χ0v) is 17.9. The number of nitrogens with one attached hydrogen (secondary N) is 3. The molecule has 0 saturated heterocycles. The highest BCUT2D eigenvalue weighted by Gasteiger charge is 2.09. The molecular weight excluding hydrogens is 366 g/mol. The second-order valence-electron chi connectivity index (χ2n) is 6.70. The van der Waals surface area contributed by atoms with Crippen LogP contribution in [0.1, 0.15) is 39.7 Å². The van der Waals surface area contributed by atoms with Crippen molar-refractivity contribution in [1.82, 2.24) is 20.9 Å². The van der Waals surface area contributed by atoms with Gasteiger partial charge in [0.2, 0.25) is 0 Å². The van der Waals surface area contributed by atoms with Gasteiger partial charge in [0.15, 0.2) is 5.96 Å². The number of methoxy groups -OCH3 is 1. The van der Waals surface area contributed by atoms with Gasteiger partial charge in [-0.1, -0.05) is 12.1 Å². The minimum Gasteiger partial charge on any atom is -0.496 e. The number of carbonyl (C=O) groups is 1. The summed E-state index contributed by atoms with van der Waals surface area (Å²) in [5.74, 6) is 1.51. The van der Waals surface area contributed by atoms with Crippen molar-refractivity contribution in [2.24, 2.45) is 4.99 Å². The number of hydrogen-bond acceptors (Lipinski definition) is 4. The molecule has 2 aromatic rings. The fraction of sp³-hybridized carbons (Fsp3) is 0.409. The Hall–Kier alpha value is -3.09. The molecule has 1 amide bonds. The van der Waals surface area contributed by atoms with Crippen molar-refractivity contribution >= 4 is 11.9 Å². The van der Waals surface area contributed by atoms with Gasteiger partial charge in [-0.15, -0.1) is 0 Å². The van der Waals surface area contributed by atoms with E-state index in [0.29, 0.717) is 18.7 Å². The Morgan fingerprint density at radius 1 is 1.24 bits per heavy atom. The van der Waals surface area contributed by atoms with Crippen LogP contribution in [-0.4, -0.2) is 44.1 Å². The number of aromatic nitrogens is 1. The van der Waals surface area contributed by atoms with Crippen molar-refractivity contribution in [3.63, 3.8) is 0 Å². The summed E-state index contributed by atoms with van der Waals surface area (Å²) < 4.78 is 5.47. The fourth-order valence-electron chi connectivity index (χ4n) is 3.06. The van der Waals surface area contributed by atoms with Crippen molar-refractivity contribution in [2.75, 3.05) is 27.2 Å². The lowest BCUT2D eigenvalue weighted by Gasteiger charge is -2.13. The molecule has 156 valence electrons. The smallest absolute Gasteiger partial charge is 0.251 e. The molecule has 0 aliphatic rings. The van der Waals surface area contributed by atoms with E-state index in [-0.39, 0.29) is 5.91 Å². The van der Waals surface area contributed by atoms with E-state index in [9.17, 15) is 4.79 Å². The van der Waals surface area contributed by atoms with Crippen molar-refractivity contribution < 1.29 is 9.53 Å². The van der Waals surface area contributed by atoms with E-state index in [2.05, 4.69) is 25.9 Å². The summed E-state index contributed by atoms with van der Waals surface area (Å²) in [5, 5.41) is 9.24. The molecule has 0 saturated carbocycles. The number of aliphatic imine (C=N–C) groups is 1. The van der Waals surface area contributed by atoms with Crippen LogP contribution >= 0.6 is 0 Å². The van der Waals surface area contributed by atoms with E-state index in [1.165, 1.54) is 0 Å². The molecule has 29 heavy (non-hydrogen) atoms. The molecule has 3 N–H and O–H groups in total. The van der Waals surface area contributed by atoms with Crippen LogP contribution in [0.3, 0.4) is 0 Å². The van der Waals surface area contributed by atoms with E-state index in [0.717, 1.165) is 47.1 Å². The molecule has 1 heterocycles. The van der Waals surface area contributed by atoms with Crippen LogP contribution in [0.5, 0.6) is 5.75 Å². The Kier molecular flexibility index (Phi) is 8.45. The Labute approximate surface area is 173 Å². The number of guanidine groups is 1. The van der Waals surface area contributed by atoms with Crippen molar-refractivity contribution in [3.8, 4) is 5.75 Å². The van der Waals surface area contributed by atoms with Gasteiger partial charge in [0.05, 0.1) is 19.3 Å². The monoisotopic (exact) mass is 397 g/mol. The number of carbonyl (C=O) groups excluding carboxylic acids is 1. The minimum absolute atomic E-state index is 0.0777. The highest BCUT2D eigenvalue weighted by molar-refractivity contribution is 5.94. The van der Waals surface area contributed by atoms with E-state index in [1.54, 1.807) is 14.2 Å². The first-order valence-corrected chi connectivity index (χ1v) is 9.82. The van der Waals surface area contributed by atoms with Gasteiger partial charge >= 0.3 is 0 Å². The van der Waals surface area contributed by atoms with Crippen LogP contribution in [0.25, 0.3) is 0 Å². The van der Waals surface area contributed by atoms with E-state index >= 15 is 0 Å². The third-order valence-corrected chi connectivity index (χ3v) is 4.60. The maximum atomic E-state index is 11.8. The zero-order chi connectivity index (χ0) is 21.2. The number of ether oxygens (including phenoxy) is 1. The lowest BCUT2D eigenvalue weighted by atomic mass is 10.1. The van der Waals surface area contributed by atoms with Crippen LogP contribution in [0, 0.1) is 13.8 Å². The first-order valence-electron chi connectivity index (χ1n) is 9.82. The lowest BCUT2D eigenvalue weighted by Crippen LogP contribution is -2.38. The highest BCUT2D eigenvalue weighted by atomic mass is 16.5. The molecule has 0 aliphatic carbocycles. The van der Waals surface area contributed by atoms with Crippen molar-refractivity contribution in [3.05, 3.63) is 58.4 Å². The number of rotatable bonds is 8. The second kappa shape index (κ2) is 11.0. The van der Waals surface area contributed by atoms with Gasteiger partial charge in [-0.2, -0.15) is 0 Å². The Morgan fingerprint density at radius 3 is 2.72 bits per heavy atom. The number of benzene rings is 1. The van der Waals surface area contributed by atoms with E-state index < -0.39 is 0 Å². The largest absolute Gasteiger partial charge is 0.496 e. The molecule has 0 unspecified atom stereocenters. The first kappa shape index (κ1) is 22.2. The van der Waals surface area contributed by atoms with Gasteiger partial charge in [-0.05, 0) is 44.9 Å². The molecule has 7 heteroatoms. The molecule has 1 aromatic heterocycles. The van der Waals surface area contributed by atoms with E-state index in [4.69, 9.17) is 4.74 Å². The van der Waals surface area contributed by atoms with Crippen LogP contribution in [0.4, 0.5) is 0 Å². The number of hydrogen-bond donors (Lipinski definition) is 3. The molecule has 2 rings (SSSR count). The van der Waals surface area contributed by atoms with Gasteiger partial charge in [0.25, 0.3) is 5.91 Å². The Bertz CT molecular complexity index is 864. The number of pyridine rings is 1. The van der Waals surface area contributed by atoms with Crippen LogP contribution in [0.2, 0.25) is 0 Å². The zero-order valence-electron chi connectivity index (χ0n) is 17.9. The third kappa shape index (κ3) is 6.20. The summed E-state index contributed by atoms with van der Waals surface area (Å²) in [7, 11) is 3.31. The number of aryl methyl sites for hydroxylation is 1. The highest BCUT2D eigenvalue weighted by Crippen LogP contribution is 2.24. The Balaban J connectivity index is 2.01. The quantitative estimate of drug-likeness (QED) is 0.470. The number of amides is 1. The van der Waals surface area contributed by atoms with Gasteiger partial charge in [-0.25, -0.2) is 4.99 Å². The van der Waals surface area contributed by atoms with Crippen LogP contribution < -0.4 is 20.7 Å². The predicted octanol–water partition coefficient (Wildman–Crippen LogP) is 2.36. The molecule has 0 radical (unpaired) electrons. The molecule has 0 spiro atoms. The standard InChI is InChI=1S/C22H31N5O2/c1-6-24-22(27-14-19-16(3)20(29-5)15(2)13-26-19)25-11-10-17-8-7-9-18(12-17)21(28)23-4/h7-9,12-13H,6,10-11,14H2,1-5H3,(H,23,28)(H2,24,25,27). The summed E-state index contributed by atoms with van der Waals surface area (Å²) in [6, 6.07) is 7.64. The summed E-state index contributed by atoms with van der Waals surface area (Å²) in [6.45, 7) is 7.95. The van der Waals surface area contributed by atoms with Crippen molar-refractivity contribution in [2.45, 2.75) is 33.7 Å². The first-order chi connectivity index (χ1) is 14.0. The maximum absolute atomic E-state index is 11.8. The van der Waals surface area contributed by atoms with Crippen LogP contribution in [0.15, 0.2) is 35.5 Å². The number of nitrogens with zero attached hydrogens (tertiary/aromatic N) is 2. The van der Waals surface area contributed by atoms with Gasteiger partial charge in [0.1, 0.15) is 5.75 Å². The maximum Gasteiger partial charge on any atom is 0.251 e. The molecule has 0 atom stereocenters. The third-order valence-electron chi connectivity index (χ3n) is 4.60. The molecule has 0 fully saturated rings. The molecule has 0 aliphatic heterocycles. The summed E-state index contributed by atoms with van der Waals surface area (Å²) in [4.78, 5) is 20.9.